The first-order valence-corrected chi connectivity index (χ1v) is 9.74. The number of Topliss-reactive ketones (excluding diaryl/α,β-unsaturated/α-hetero) is 2. The number of allylic oxidation sites excluding steroid dienone is 1. The summed E-state index contributed by atoms with van der Waals surface area (Å²) in [6, 6.07) is 0. The summed E-state index contributed by atoms with van der Waals surface area (Å²) in [7, 11) is 0. The Hall–Kier alpha value is -1.16. The van der Waals surface area contributed by atoms with Gasteiger partial charge in [-0.15, -0.1) is 0 Å². The summed E-state index contributed by atoms with van der Waals surface area (Å²) in [6.45, 7) is 12.2. The number of aliphatic hydroxyl groups excluding tert-OH is 2. The van der Waals surface area contributed by atoms with Crippen LogP contribution in [0.4, 0.5) is 0 Å². The Morgan fingerprint density at radius 1 is 0.960 bits per heavy atom. The van der Waals surface area contributed by atoms with Gasteiger partial charge in [0.15, 0.2) is 11.6 Å². The van der Waals surface area contributed by atoms with Crippen LogP contribution < -0.4 is 0 Å². The van der Waals surface area contributed by atoms with Crippen LogP contribution >= 0.6 is 0 Å². The van der Waals surface area contributed by atoms with E-state index in [0.29, 0.717) is 24.7 Å². The van der Waals surface area contributed by atoms with Crippen molar-refractivity contribution in [1.29, 1.82) is 0 Å². The molecule has 0 amide bonds. The molecule has 1 aliphatic rings. The average molecular weight is 353 g/mol. The highest BCUT2D eigenvalue weighted by Crippen LogP contribution is 2.40. The lowest BCUT2D eigenvalue weighted by Gasteiger charge is -2.25. The number of hydrogen-bond donors (Lipinski definition) is 2. The highest BCUT2D eigenvalue weighted by Gasteiger charge is 2.47. The molecule has 0 aromatic carbocycles. The van der Waals surface area contributed by atoms with E-state index in [4.69, 9.17) is 0 Å². The lowest BCUT2D eigenvalue weighted by Crippen LogP contribution is -2.30. The third-order valence-corrected chi connectivity index (χ3v) is 4.97. The first kappa shape index (κ1) is 21.9. The smallest absolute Gasteiger partial charge is 0.173 e. The fraction of sp³-hybridized carbons (Fsp3) is 0.810. The fourth-order valence-corrected chi connectivity index (χ4v) is 3.54. The van der Waals surface area contributed by atoms with Gasteiger partial charge >= 0.3 is 0 Å². The Balaban J connectivity index is 3.07. The van der Waals surface area contributed by atoms with Gasteiger partial charge in [-0.25, -0.2) is 0 Å². The highest BCUT2D eigenvalue weighted by molar-refractivity contribution is 6.23. The Labute approximate surface area is 152 Å². The molecule has 0 aromatic heterocycles. The van der Waals surface area contributed by atoms with Crippen LogP contribution in [0.3, 0.4) is 0 Å². The second-order valence-corrected chi connectivity index (χ2v) is 8.79. The van der Waals surface area contributed by atoms with Crippen LogP contribution in [0.2, 0.25) is 0 Å². The van der Waals surface area contributed by atoms with E-state index in [0.717, 1.165) is 12.8 Å². The number of carbonyl (C=O) groups is 2. The molecule has 4 heteroatoms. The van der Waals surface area contributed by atoms with Crippen molar-refractivity contribution in [2.45, 2.75) is 79.8 Å². The minimum atomic E-state index is -0.784. The topological polar surface area (TPSA) is 74.6 Å². The molecule has 0 aliphatic heterocycles. The Morgan fingerprint density at radius 3 is 2.00 bits per heavy atom. The summed E-state index contributed by atoms with van der Waals surface area (Å²) in [5, 5.41) is 21.3. The van der Waals surface area contributed by atoms with E-state index in [-0.39, 0.29) is 35.2 Å². The first-order chi connectivity index (χ1) is 11.6. The van der Waals surface area contributed by atoms with E-state index in [1.807, 2.05) is 13.8 Å². The van der Waals surface area contributed by atoms with Crippen molar-refractivity contribution in [3.63, 3.8) is 0 Å². The molecule has 0 fully saturated rings. The highest BCUT2D eigenvalue weighted by atomic mass is 16.3. The average Bonchev–Trinajstić information content (AvgIpc) is 2.72. The van der Waals surface area contributed by atoms with E-state index in [1.54, 1.807) is 0 Å². The molecule has 4 nitrogen and oxygen atoms in total. The van der Waals surface area contributed by atoms with Gasteiger partial charge < -0.3 is 10.2 Å². The summed E-state index contributed by atoms with van der Waals surface area (Å²) >= 11 is 0. The second kappa shape index (κ2) is 9.51. The molecule has 0 bridgehead atoms. The van der Waals surface area contributed by atoms with Crippen molar-refractivity contribution in [2.24, 2.45) is 29.6 Å². The molecule has 144 valence electrons. The first-order valence-electron chi connectivity index (χ1n) is 9.74. The molecule has 0 radical (unpaired) electrons. The molecule has 0 spiro atoms. The number of aliphatic hydroxyl groups is 2. The summed E-state index contributed by atoms with van der Waals surface area (Å²) in [5.41, 5.74) is -0.0453. The van der Waals surface area contributed by atoms with Crippen molar-refractivity contribution in [1.82, 2.24) is 0 Å². The number of hydrogen-bond acceptors (Lipinski definition) is 4. The minimum Gasteiger partial charge on any atom is -0.511 e. The molecular formula is C21H36O4. The van der Waals surface area contributed by atoms with Gasteiger partial charge in [0.05, 0.1) is 17.6 Å². The molecule has 0 saturated heterocycles. The van der Waals surface area contributed by atoms with Crippen LogP contribution in [0.5, 0.6) is 0 Å². The largest absolute Gasteiger partial charge is 0.511 e. The molecule has 0 unspecified atom stereocenters. The zero-order valence-electron chi connectivity index (χ0n) is 16.7. The summed E-state index contributed by atoms with van der Waals surface area (Å²) < 4.78 is 0. The van der Waals surface area contributed by atoms with Crippen molar-refractivity contribution in [3.8, 4) is 0 Å². The van der Waals surface area contributed by atoms with Crippen LogP contribution in [0.25, 0.3) is 0 Å². The van der Waals surface area contributed by atoms with E-state index in [9.17, 15) is 19.8 Å². The van der Waals surface area contributed by atoms with E-state index < -0.39 is 17.9 Å². The van der Waals surface area contributed by atoms with Crippen molar-refractivity contribution >= 4 is 11.6 Å². The molecule has 25 heavy (non-hydrogen) atoms. The van der Waals surface area contributed by atoms with Crippen molar-refractivity contribution in [2.75, 3.05) is 0 Å². The van der Waals surface area contributed by atoms with Gasteiger partial charge in [-0.3, -0.25) is 9.59 Å². The predicted octanol–water partition coefficient (Wildman–Crippen LogP) is 4.46. The molecule has 0 aromatic rings. The molecule has 1 rings (SSSR count). The number of ketones is 2. The van der Waals surface area contributed by atoms with Gasteiger partial charge in [0.1, 0.15) is 5.76 Å². The molecular weight excluding hydrogens is 316 g/mol. The van der Waals surface area contributed by atoms with Gasteiger partial charge in [0, 0.05) is 12.3 Å². The maximum atomic E-state index is 12.9. The van der Waals surface area contributed by atoms with E-state index >= 15 is 0 Å². The Bertz CT molecular complexity index is 502. The third kappa shape index (κ3) is 5.95. The van der Waals surface area contributed by atoms with Gasteiger partial charge in [-0.2, -0.15) is 0 Å². The molecule has 0 saturated carbocycles. The molecule has 2 N–H and O–H groups in total. The van der Waals surface area contributed by atoms with Crippen LogP contribution in [-0.2, 0) is 9.59 Å². The molecule has 1 aliphatic carbocycles. The van der Waals surface area contributed by atoms with Crippen LogP contribution in [0, 0.1) is 29.6 Å². The van der Waals surface area contributed by atoms with E-state index in [1.165, 1.54) is 0 Å². The zero-order chi connectivity index (χ0) is 19.3. The maximum absolute atomic E-state index is 12.9. The number of carbonyl (C=O) groups excluding carboxylic acids is 2. The standard InChI is InChI=1S/C21H36O4/c1-12(2)7-9-15-18(16(22)10-8-13(3)4)21(25)19(20(15)24)17(23)11-14(5)6/h12-16,18,22,25H,7-11H2,1-6H3/t15-,16+,18-/m0/s1. The maximum Gasteiger partial charge on any atom is 0.173 e. The second-order valence-electron chi connectivity index (χ2n) is 8.79. The van der Waals surface area contributed by atoms with Crippen LogP contribution in [0.1, 0.15) is 73.6 Å². The van der Waals surface area contributed by atoms with E-state index in [2.05, 4.69) is 27.7 Å². The zero-order valence-corrected chi connectivity index (χ0v) is 16.7. The van der Waals surface area contributed by atoms with Crippen LogP contribution in [0.15, 0.2) is 11.3 Å². The quantitative estimate of drug-likeness (QED) is 0.569. The SMILES string of the molecule is CC(C)CC[C@@H](O)[C@H]1C(O)=C(C(=O)CC(C)C)C(=O)[C@H]1CCC(C)C. The summed E-state index contributed by atoms with van der Waals surface area (Å²) in [5.74, 6) is -0.831. The monoisotopic (exact) mass is 352 g/mol. The molecule has 0 heterocycles. The number of rotatable bonds is 10. The third-order valence-electron chi connectivity index (χ3n) is 4.97. The Kier molecular flexibility index (Phi) is 8.33. The van der Waals surface area contributed by atoms with Gasteiger partial charge in [0.2, 0.25) is 0 Å². The fourth-order valence-electron chi connectivity index (χ4n) is 3.54. The Morgan fingerprint density at radius 2 is 1.52 bits per heavy atom. The van der Waals surface area contributed by atoms with Crippen molar-refractivity contribution < 1.29 is 19.8 Å². The summed E-state index contributed by atoms with van der Waals surface area (Å²) in [4.78, 5) is 25.3. The lowest BCUT2D eigenvalue weighted by atomic mass is 9.82. The normalized spacial score (nSPS) is 22.6. The van der Waals surface area contributed by atoms with Gasteiger partial charge in [0.25, 0.3) is 0 Å². The lowest BCUT2D eigenvalue weighted by molar-refractivity contribution is -0.124. The van der Waals surface area contributed by atoms with Gasteiger partial charge in [-0.1, -0.05) is 48.0 Å². The van der Waals surface area contributed by atoms with Crippen LogP contribution in [-0.4, -0.2) is 27.9 Å². The minimum absolute atomic E-state index is 0.0453. The van der Waals surface area contributed by atoms with Gasteiger partial charge in [-0.05, 0) is 37.0 Å². The predicted molar refractivity (Wildman–Crippen MR) is 100 cm³/mol. The summed E-state index contributed by atoms with van der Waals surface area (Å²) in [6.07, 6.45) is 2.25. The van der Waals surface area contributed by atoms with Crippen molar-refractivity contribution in [3.05, 3.63) is 11.3 Å². The molecule has 3 atom stereocenters.